The molecule has 1 saturated carbocycles. The van der Waals surface area contributed by atoms with Crippen LogP contribution >= 0.6 is 22.6 Å². The first-order valence-corrected chi connectivity index (χ1v) is 10.0. The molecule has 0 heterocycles. The van der Waals surface area contributed by atoms with Crippen molar-refractivity contribution in [1.29, 1.82) is 0 Å². The van der Waals surface area contributed by atoms with Crippen molar-refractivity contribution >= 4 is 22.6 Å². The molecule has 22 heavy (non-hydrogen) atoms. The zero-order chi connectivity index (χ0) is 16.2. The molecule has 0 radical (unpaired) electrons. The number of phenolic OH excluding ortho intramolecular Hbond substituents is 1. The van der Waals surface area contributed by atoms with E-state index in [0.717, 1.165) is 37.7 Å². The van der Waals surface area contributed by atoms with E-state index in [4.69, 9.17) is 0 Å². The molecule has 1 aliphatic carbocycles. The predicted molar refractivity (Wildman–Crippen MR) is 101 cm³/mol. The molecule has 0 saturated heterocycles. The Kier molecular flexibility index (Phi) is 6.57. The van der Waals surface area contributed by atoms with Gasteiger partial charge < -0.3 is 10.2 Å². The van der Waals surface area contributed by atoms with Crippen LogP contribution in [0.1, 0.15) is 75.8 Å². The molecule has 2 N–H and O–H groups in total. The first-order valence-electron chi connectivity index (χ1n) is 8.51. The number of phenols is 1. The van der Waals surface area contributed by atoms with Gasteiger partial charge in [-0.25, -0.2) is 0 Å². The van der Waals surface area contributed by atoms with Crippen LogP contribution in [0.2, 0.25) is 0 Å². The number of benzene rings is 1. The highest BCUT2D eigenvalue weighted by Crippen LogP contribution is 2.39. The van der Waals surface area contributed by atoms with E-state index in [2.05, 4.69) is 48.6 Å². The second-order valence-electron chi connectivity index (χ2n) is 7.32. The molecule has 1 aliphatic rings. The molecule has 1 unspecified atom stereocenters. The molecule has 1 aromatic carbocycles. The van der Waals surface area contributed by atoms with Gasteiger partial charge in [-0.15, -0.1) is 0 Å². The average molecular weight is 416 g/mol. The number of aromatic hydroxyl groups is 1. The fourth-order valence-corrected chi connectivity index (χ4v) is 4.10. The maximum atomic E-state index is 10.5. The third-order valence-electron chi connectivity index (χ3n) is 5.08. The van der Waals surface area contributed by atoms with Gasteiger partial charge in [0.1, 0.15) is 5.75 Å². The molecule has 0 aliphatic heterocycles. The fourth-order valence-electron chi connectivity index (χ4n) is 3.56. The summed E-state index contributed by atoms with van der Waals surface area (Å²) in [5, 5.41) is 20.3. The zero-order valence-electron chi connectivity index (χ0n) is 13.8. The molecule has 2 nitrogen and oxygen atoms in total. The lowest BCUT2D eigenvalue weighted by Gasteiger charge is -2.29. The quantitative estimate of drug-likeness (QED) is 0.376. The van der Waals surface area contributed by atoms with Gasteiger partial charge in [-0.1, -0.05) is 61.4 Å². The van der Waals surface area contributed by atoms with Gasteiger partial charge in [0, 0.05) is 0 Å². The Morgan fingerprint density at radius 1 is 1.23 bits per heavy atom. The van der Waals surface area contributed by atoms with Crippen LogP contribution in [0.5, 0.6) is 5.75 Å². The molecule has 0 bridgehead atoms. The summed E-state index contributed by atoms with van der Waals surface area (Å²) in [6, 6.07) is 6.23. The number of aliphatic hydroxyl groups is 1. The summed E-state index contributed by atoms with van der Waals surface area (Å²) in [7, 11) is 0. The Morgan fingerprint density at radius 2 is 2.00 bits per heavy atom. The lowest BCUT2D eigenvalue weighted by atomic mass is 9.77. The van der Waals surface area contributed by atoms with Crippen LogP contribution in [0.3, 0.4) is 0 Å². The smallest absolute Gasteiger partial charge is 0.119 e. The third-order valence-corrected chi connectivity index (χ3v) is 5.85. The minimum Gasteiger partial charge on any atom is -0.508 e. The van der Waals surface area contributed by atoms with Crippen molar-refractivity contribution in [2.24, 2.45) is 0 Å². The molecule has 124 valence electrons. The summed E-state index contributed by atoms with van der Waals surface area (Å²) < 4.78 is 1.21. The maximum absolute atomic E-state index is 10.5. The highest BCUT2D eigenvalue weighted by atomic mass is 127. The Morgan fingerprint density at radius 3 is 2.64 bits per heavy atom. The molecule has 0 amide bonds. The lowest BCUT2D eigenvalue weighted by molar-refractivity contribution is 0.119. The summed E-state index contributed by atoms with van der Waals surface area (Å²) >= 11 is 2.43. The molecule has 0 aromatic heterocycles. The maximum Gasteiger partial charge on any atom is 0.119 e. The van der Waals surface area contributed by atoms with Gasteiger partial charge in [0.05, 0.1) is 6.10 Å². The van der Waals surface area contributed by atoms with E-state index >= 15 is 0 Å². The van der Waals surface area contributed by atoms with E-state index in [1.54, 1.807) is 0 Å². The van der Waals surface area contributed by atoms with E-state index in [-0.39, 0.29) is 11.5 Å². The average Bonchev–Trinajstić information content (AvgIpc) is 2.47. The van der Waals surface area contributed by atoms with E-state index in [1.807, 2.05) is 6.07 Å². The minimum atomic E-state index is -0.206. The van der Waals surface area contributed by atoms with E-state index < -0.39 is 0 Å². The molecule has 3 heteroatoms. The van der Waals surface area contributed by atoms with Gasteiger partial charge in [-0.05, 0) is 65.1 Å². The Labute approximate surface area is 148 Å². The molecular formula is C19H29IO2. The summed E-state index contributed by atoms with van der Waals surface area (Å²) in [5.74, 6) is 0.721. The van der Waals surface area contributed by atoms with Crippen LogP contribution in [-0.4, -0.2) is 20.7 Å². The first-order chi connectivity index (χ1) is 10.4. The van der Waals surface area contributed by atoms with E-state index in [1.165, 1.54) is 22.8 Å². The lowest BCUT2D eigenvalue weighted by Crippen LogP contribution is -2.19. The third kappa shape index (κ3) is 4.60. The van der Waals surface area contributed by atoms with Crippen LogP contribution in [-0.2, 0) is 5.41 Å². The summed E-state index contributed by atoms with van der Waals surface area (Å²) in [6.45, 7) is 4.53. The molecule has 2 rings (SSSR count). The second kappa shape index (κ2) is 8.00. The summed E-state index contributed by atoms with van der Waals surface area (Å²) in [5.41, 5.74) is 2.34. The fraction of sp³-hybridized carbons (Fsp3) is 0.684. The van der Waals surface area contributed by atoms with Crippen molar-refractivity contribution in [2.75, 3.05) is 4.43 Å². The number of alkyl halides is 1. The van der Waals surface area contributed by atoms with Gasteiger partial charge in [-0.3, -0.25) is 0 Å². The number of rotatable bonds is 6. The van der Waals surface area contributed by atoms with Crippen molar-refractivity contribution in [3.63, 3.8) is 0 Å². The number of unbranched alkanes of at least 4 members (excludes halogenated alkanes) is 1. The zero-order valence-corrected chi connectivity index (χ0v) is 16.0. The molecular weight excluding hydrogens is 387 g/mol. The number of aliphatic hydroxyl groups excluding tert-OH is 1. The Balaban J connectivity index is 2.11. The predicted octanol–water partition coefficient (Wildman–Crippen LogP) is 5.29. The highest BCUT2D eigenvalue weighted by molar-refractivity contribution is 14.1. The van der Waals surface area contributed by atoms with Crippen LogP contribution in [0.4, 0.5) is 0 Å². The summed E-state index contributed by atoms with van der Waals surface area (Å²) in [6.07, 6.45) is 7.24. The molecule has 1 aromatic rings. The number of hydrogen-bond donors (Lipinski definition) is 2. The largest absolute Gasteiger partial charge is 0.508 e. The van der Waals surface area contributed by atoms with Gasteiger partial charge in [0.25, 0.3) is 0 Å². The van der Waals surface area contributed by atoms with Crippen molar-refractivity contribution in [3.05, 3.63) is 29.3 Å². The number of halogens is 1. The molecule has 0 spiro atoms. The minimum absolute atomic E-state index is 0.105. The Bertz CT molecular complexity index is 484. The van der Waals surface area contributed by atoms with Gasteiger partial charge in [0.2, 0.25) is 0 Å². The van der Waals surface area contributed by atoms with Gasteiger partial charge in [-0.2, -0.15) is 0 Å². The van der Waals surface area contributed by atoms with Crippen LogP contribution in [0.15, 0.2) is 18.2 Å². The van der Waals surface area contributed by atoms with Crippen LogP contribution < -0.4 is 0 Å². The summed E-state index contributed by atoms with van der Waals surface area (Å²) in [4.78, 5) is 0. The van der Waals surface area contributed by atoms with Crippen molar-refractivity contribution < 1.29 is 10.2 Å². The van der Waals surface area contributed by atoms with Crippen LogP contribution in [0, 0.1) is 0 Å². The van der Waals surface area contributed by atoms with Crippen LogP contribution in [0.25, 0.3) is 0 Å². The standard InChI is InChI=1S/C19H29IO2/c1-19(2,10-3-4-11-20)15-8-9-17(18(22)13-15)14-6-5-7-16(21)12-14/h8-9,13-14,16,21-22H,3-7,10-12H2,1-2H3/t14-,16?/m0/s1. The van der Waals surface area contributed by atoms with Gasteiger partial charge >= 0.3 is 0 Å². The van der Waals surface area contributed by atoms with E-state index in [9.17, 15) is 10.2 Å². The Hall–Kier alpha value is -0.290. The molecule has 2 atom stereocenters. The monoisotopic (exact) mass is 416 g/mol. The van der Waals surface area contributed by atoms with Crippen molar-refractivity contribution in [3.8, 4) is 5.75 Å². The number of hydrogen-bond acceptors (Lipinski definition) is 2. The van der Waals surface area contributed by atoms with Crippen molar-refractivity contribution in [2.45, 2.75) is 76.2 Å². The first kappa shape index (κ1) is 18.1. The highest BCUT2D eigenvalue weighted by Gasteiger charge is 2.26. The topological polar surface area (TPSA) is 40.5 Å². The van der Waals surface area contributed by atoms with Crippen molar-refractivity contribution in [1.82, 2.24) is 0 Å². The second-order valence-corrected chi connectivity index (χ2v) is 8.40. The normalized spacial score (nSPS) is 22.7. The van der Waals surface area contributed by atoms with E-state index in [0.29, 0.717) is 11.7 Å². The van der Waals surface area contributed by atoms with Gasteiger partial charge in [0.15, 0.2) is 0 Å². The SMILES string of the molecule is CC(C)(CCCCI)c1ccc([C@H]2CCCC(O)C2)c(O)c1. The molecule has 1 fully saturated rings.